The first-order chi connectivity index (χ1) is 3.46. The number of halogens is 1. The summed E-state index contributed by atoms with van der Waals surface area (Å²) in [6.45, 7) is 2.39. The van der Waals surface area contributed by atoms with E-state index in [2.05, 4.69) is 5.73 Å². The molecular formula is C4H9ClLiNO3. The number of aliphatic carboxylic acids is 1. The molecule has 0 aromatic carbocycles. The molecule has 0 aliphatic carbocycles. The van der Waals surface area contributed by atoms with Crippen LogP contribution in [0.4, 0.5) is 0 Å². The topological polar surface area (TPSA) is 80.4 Å². The van der Waals surface area contributed by atoms with Crippen LogP contribution in [-0.2, 0) is 9.59 Å². The van der Waals surface area contributed by atoms with Crippen LogP contribution in [0, 0.1) is 0 Å². The molecule has 4 nitrogen and oxygen atoms in total. The van der Waals surface area contributed by atoms with Crippen molar-refractivity contribution in [3.63, 3.8) is 0 Å². The molecular weight excluding hydrogens is 152 g/mol. The zero-order valence-electron chi connectivity index (χ0n) is 6.22. The molecule has 0 bridgehead atoms. The van der Waals surface area contributed by atoms with Gasteiger partial charge in [0.15, 0.2) is 0 Å². The molecule has 0 aliphatic rings. The number of rotatable bonds is 0. The predicted octanol–water partition coefficient (Wildman–Crippen LogP) is -6.41. The van der Waals surface area contributed by atoms with Gasteiger partial charge in [-0.15, -0.1) is 0 Å². The minimum atomic E-state index is -0.833. The van der Waals surface area contributed by atoms with Crippen LogP contribution in [0.1, 0.15) is 13.8 Å². The van der Waals surface area contributed by atoms with Crippen molar-refractivity contribution < 1.29 is 46.0 Å². The number of hydrogen-bond acceptors (Lipinski definition) is 2. The van der Waals surface area contributed by atoms with E-state index >= 15 is 0 Å². The van der Waals surface area contributed by atoms with Crippen LogP contribution in [0.15, 0.2) is 0 Å². The molecule has 6 heteroatoms. The molecule has 0 radical (unpaired) electrons. The van der Waals surface area contributed by atoms with Crippen LogP contribution in [0.25, 0.3) is 0 Å². The predicted molar refractivity (Wildman–Crippen MR) is 28.2 cm³/mol. The molecule has 0 atom stereocenters. The number of carbonyl (C=O) groups excluding carboxylic acids is 1. The summed E-state index contributed by atoms with van der Waals surface area (Å²) >= 11 is 0. The first-order valence-electron chi connectivity index (χ1n) is 1.92. The maximum atomic E-state index is 9.22. The Bertz CT molecular complexity index is 78.5. The summed E-state index contributed by atoms with van der Waals surface area (Å²) in [6, 6.07) is 0. The van der Waals surface area contributed by atoms with Gasteiger partial charge in [-0.2, -0.15) is 0 Å². The number of nitrogens with two attached hydrogens (primary N) is 1. The van der Waals surface area contributed by atoms with Crippen molar-refractivity contribution in [2.45, 2.75) is 13.8 Å². The van der Waals surface area contributed by atoms with Gasteiger partial charge < -0.3 is 23.2 Å². The third-order valence-corrected chi connectivity index (χ3v) is 0. The van der Waals surface area contributed by atoms with E-state index < -0.39 is 5.97 Å². The fourth-order valence-corrected chi connectivity index (χ4v) is 0. The maximum absolute atomic E-state index is 9.22. The SMILES string of the molecule is CC(=O)O.CC(N)=O.[Cl-].[Li+]. The second-order valence-corrected chi connectivity index (χ2v) is 1.13. The molecule has 3 N–H and O–H groups in total. The van der Waals surface area contributed by atoms with Gasteiger partial charge in [-0.3, -0.25) is 9.59 Å². The molecule has 0 heterocycles. The average molecular weight is 162 g/mol. The molecule has 10 heavy (non-hydrogen) atoms. The average Bonchev–Trinajstić information content (AvgIpc) is 1.25. The fraction of sp³-hybridized carbons (Fsp3) is 0.500. The number of carboxylic acids is 1. The summed E-state index contributed by atoms with van der Waals surface area (Å²) < 4.78 is 0. The van der Waals surface area contributed by atoms with E-state index in [9.17, 15) is 4.79 Å². The van der Waals surface area contributed by atoms with Crippen LogP contribution in [0.2, 0.25) is 0 Å². The minimum absolute atomic E-state index is 0. The van der Waals surface area contributed by atoms with Crippen molar-refractivity contribution in [3.05, 3.63) is 0 Å². The van der Waals surface area contributed by atoms with E-state index in [1.807, 2.05) is 0 Å². The van der Waals surface area contributed by atoms with Crippen LogP contribution < -0.4 is 37.0 Å². The number of primary amides is 1. The van der Waals surface area contributed by atoms with E-state index in [1.54, 1.807) is 0 Å². The van der Waals surface area contributed by atoms with E-state index in [4.69, 9.17) is 9.90 Å². The number of amides is 1. The monoisotopic (exact) mass is 161 g/mol. The minimum Gasteiger partial charge on any atom is -1.00 e. The summed E-state index contributed by atoms with van der Waals surface area (Å²) in [5, 5.41) is 7.42. The Labute approximate surface area is 77.7 Å². The first-order valence-corrected chi connectivity index (χ1v) is 1.92. The Hall–Kier alpha value is -0.173. The smallest absolute Gasteiger partial charge is 1.00 e. The Balaban J connectivity index is -0.0000000300. The van der Waals surface area contributed by atoms with Crippen LogP contribution in [0.3, 0.4) is 0 Å². The van der Waals surface area contributed by atoms with Gasteiger partial charge in [0.25, 0.3) is 5.97 Å². The molecule has 0 saturated carbocycles. The molecule has 0 aromatic rings. The maximum Gasteiger partial charge on any atom is 1.00 e. The number of carboxylic acid groups (broad SMARTS) is 1. The summed E-state index contributed by atoms with van der Waals surface area (Å²) in [7, 11) is 0. The summed E-state index contributed by atoms with van der Waals surface area (Å²) in [6.07, 6.45) is 0. The Morgan fingerprint density at radius 2 is 1.30 bits per heavy atom. The van der Waals surface area contributed by atoms with Crippen molar-refractivity contribution in [1.29, 1.82) is 0 Å². The molecule has 0 saturated heterocycles. The van der Waals surface area contributed by atoms with Crippen LogP contribution >= 0.6 is 0 Å². The fourth-order valence-electron chi connectivity index (χ4n) is 0. The van der Waals surface area contributed by atoms with Crippen LogP contribution in [0.5, 0.6) is 0 Å². The van der Waals surface area contributed by atoms with Crippen molar-refractivity contribution in [3.8, 4) is 0 Å². The molecule has 0 fully saturated rings. The Morgan fingerprint density at radius 3 is 1.30 bits per heavy atom. The molecule has 0 spiro atoms. The second-order valence-electron chi connectivity index (χ2n) is 1.13. The zero-order valence-corrected chi connectivity index (χ0v) is 6.97. The van der Waals surface area contributed by atoms with E-state index in [0.29, 0.717) is 0 Å². The molecule has 0 rings (SSSR count). The van der Waals surface area contributed by atoms with Gasteiger partial charge in [-0.1, -0.05) is 0 Å². The normalized spacial score (nSPS) is 5.00. The third kappa shape index (κ3) is 12200. The molecule has 1 amide bonds. The summed E-state index contributed by atoms with van der Waals surface area (Å²) in [5.74, 6) is -1.17. The third-order valence-electron chi connectivity index (χ3n) is 0. The number of carbonyl (C=O) groups is 2. The van der Waals surface area contributed by atoms with Crippen LogP contribution in [-0.4, -0.2) is 17.0 Å². The van der Waals surface area contributed by atoms with Crippen molar-refractivity contribution in [2.75, 3.05) is 0 Å². The van der Waals surface area contributed by atoms with Gasteiger partial charge in [0.05, 0.1) is 0 Å². The Kier molecular flexibility index (Phi) is 35.9. The van der Waals surface area contributed by atoms with Gasteiger partial charge >= 0.3 is 18.9 Å². The van der Waals surface area contributed by atoms with Crippen molar-refractivity contribution in [2.24, 2.45) is 5.73 Å². The van der Waals surface area contributed by atoms with E-state index in [-0.39, 0.29) is 37.2 Å². The van der Waals surface area contributed by atoms with Gasteiger partial charge in [-0.05, 0) is 0 Å². The summed E-state index contributed by atoms with van der Waals surface area (Å²) in [4.78, 5) is 18.2. The zero-order chi connectivity index (χ0) is 7.15. The standard InChI is InChI=1S/C2H5NO.C2H4O2.ClH.Li/c2*1-2(3)4;;/h1H3,(H2,3,4);1H3,(H,3,4);1H;/q;;;+1/p-1. The summed E-state index contributed by atoms with van der Waals surface area (Å²) in [5.41, 5.74) is 4.47. The van der Waals surface area contributed by atoms with E-state index in [0.717, 1.165) is 6.92 Å². The second kappa shape index (κ2) is 15.9. The van der Waals surface area contributed by atoms with Gasteiger partial charge in [0.1, 0.15) is 0 Å². The van der Waals surface area contributed by atoms with Gasteiger partial charge in [0.2, 0.25) is 5.91 Å². The van der Waals surface area contributed by atoms with Gasteiger partial charge in [-0.25, -0.2) is 0 Å². The quantitative estimate of drug-likeness (QED) is 0.347. The molecule has 0 unspecified atom stereocenters. The molecule has 0 aliphatic heterocycles. The largest absolute Gasteiger partial charge is 1.00 e. The number of hydrogen-bond donors (Lipinski definition) is 2. The molecule has 56 valence electrons. The Morgan fingerprint density at radius 1 is 1.30 bits per heavy atom. The molecule has 0 aromatic heterocycles. The first kappa shape index (κ1) is 22.6. The van der Waals surface area contributed by atoms with Crippen molar-refractivity contribution >= 4 is 11.9 Å². The van der Waals surface area contributed by atoms with E-state index in [1.165, 1.54) is 6.92 Å². The van der Waals surface area contributed by atoms with Crippen molar-refractivity contribution in [1.82, 2.24) is 0 Å². The van der Waals surface area contributed by atoms with Gasteiger partial charge in [0, 0.05) is 13.8 Å².